The summed E-state index contributed by atoms with van der Waals surface area (Å²) in [4.78, 5) is 4.74. The first-order valence-corrected chi connectivity index (χ1v) is 10.2. The summed E-state index contributed by atoms with van der Waals surface area (Å²) in [6.07, 6.45) is 0. The van der Waals surface area contributed by atoms with Crippen LogP contribution >= 0.6 is 24.0 Å². The Labute approximate surface area is 211 Å². The van der Waals surface area contributed by atoms with Crippen molar-refractivity contribution in [1.82, 2.24) is 25.4 Å². The minimum atomic E-state index is 0. The molecule has 2 N–H and O–H groups in total. The number of guanidine groups is 1. The fraction of sp³-hybridized carbons (Fsp3) is 0.348. The minimum absolute atomic E-state index is 0. The molecule has 0 saturated heterocycles. The third-order valence-electron chi connectivity index (χ3n) is 5.08. The van der Waals surface area contributed by atoms with E-state index in [1.807, 2.05) is 61.0 Å². The minimum Gasteiger partial charge on any atom is -0.497 e. The van der Waals surface area contributed by atoms with E-state index in [2.05, 4.69) is 20.8 Å². The molecule has 0 spiro atoms. The number of nitrogens with zero attached hydrogens (tertiary/aromatic N) is 4. The predicted molar refractivity (Wildman–Crippen MR) is 139 cm³/mol. The van der Waals surface area contributed by atoms with E-state index in [0.717, 1.165) is 28.5 Å². The largest absolute Gasteiger partial charge is 0.497 e. The number of methoxy groups -OCH3 is 3. The number of hydrogen-bond donors (Lipinski definition) is 2. The van der Waals surface area contributed by atoms with Crippen LogP contribution < -0.4 is 24.8 Å². The maximum Gasteiger partial charge on any atom is 0.192 e. The van der Waals surface area contributed by atoms with Crippen molar-refractivity contribution in [1.29, 1.82) is 0 Å². The Hall–Kier alpha value is -3.02. The highest BCUT2D eigenvalue weighted by molar-refractivity contribution is 14.0. The van der Waals surface area contributed by atoms with Crippen LogP contribution in [0.1, 0.15) is 22.8 Å². The first-order chi connectivity index (χ1) is 15.5. The third kappa shape index (κ3) is 7.24. The SMILES string of the molecule is COc1ccc(CNC(=NCc2ccc(OC)c(OC)c2)NCc2nnc(C)n2C)cc1.I. The Morgan fingerprint density at radius 1 is 0.879 bits per heavy atom. The average molecular weight is 566 g/mol. The standard InChI is InChI=1S/C23H30N6O3.HI/c1-16-27-28-22(29(16)2)15-26-23(24-13-17-6-9-19(30-3)10-7-17)25-14-18-8-11-20(31-4)21(12-18)32-5;/h6-12H,13-15H2,1-5H3,(H2,24,25,26);1H. The summed E-state index contributed by atoms with van der Waals surface area (Å²) in [5, 5.41) is 15.0. The predicted octanol–water partition coefficient (Wildman–Crippen LogP) is 3.20. The molecule has 3 rings (SSSR count). The van der Waals surface area contributed by atoms with Crippen LogP contribution in [-0.4, -0.2) is 42.1 Å². The highest BCUT2D eigenvalue weighted by atomic mass is 127. The van der Waals surface area contributed by atoms with Gasteiger partial charge in [0.2, 0.25) is 0 Å². The lowest BCUT2D eigenvalue weighted by atomic mass is 10.2. The molecule has 0 amide bonds. The molecule has 0 radical (unpaired) electrons. The van der Waals surface area contributed by atoms with Crippen molar-refractivity contribution in [2.45, 2.75) is 26.6 Å². The van der Waals surface area contributed by atoms with Gasteiger partial charge in [-0.15, -0.1) is 34.2 Å². The normalized spacial score (nSPS) is 10.9. The van der Waals surface area contributed by atoms with Gasteiger partial charge in [0.25, 0.3) is 0 Å². The van der Waals surface area contributed by atoms with Gasteiger partial charge in [0, 0.05) is 13.6 Å². The Kier molecular flexibility index (Phi) is 10.2. The van der Waals surface area contributed by atoms with Gasteiger partial charge in [-0.25, -0.2) is 4.99 Å². The van der Waals surface area contributed by atoms with Crippen molar-refractivity contribution >= 4 is 29.9 Å². The number of ether oxygens (including phenoxy) is 3. The molecular formula is C23H31IN6O3. The topological polar surface area (TPSA) is 94.8 Å². The van der Waals surface area contributed by atoms with E-state index in [4.69, 9.17) is 19.2 Å². The molecule has 0 unspecified atom stereocenters. The Bertz CT molecular complexity index is 1050. The molecule has 0 aliphatic carbocycles. The van der Waals surface area contributed by atoms with Gasteiger partial charge in [-0.1, -0.05) is 18.2 Å². The van der Waals surface area contributed by atoms with Gasteiger partial charge in [0.05, 0.1) is 34.4 Å². The van der Waals surface area contributed by atoms with Gasteiger partial charge >= 0.3 is 0 Å². The molecule has 33 heavy (non-hydrogen) atoms. The van der Waals surface area contributed by atoms with E-state index < -0.39 is 0 Å². The number of halogens is 1. The van der Waals surface area contributed by atoms with E-state index >= 15 is 0 Å². The lowest BCUT2D eigenvalue weighted by Gasteiger charge is -2.13. The molecule has 2 aromatic carbocycles. The summed E-state index contributed by atoms with van der Waals surface area (Å²) in [7, 11) is 6.84. The Morgan fingerprint density at radius 2 is 1.55 bits per heavy atom. The maximum absolute atomic E-state index is 5.40. The molecule has 0 fully saturated rings. The van der Waals surface area contributed by atoms with Gasteiger partial charge in [0.15, 0.2) is 23.3 Å². The highest BCUT2D eigenvalue weighted by Gasteiger charge is 2.08. The van der Waals surface area contributed by atoms with Crippen molar-refractivity contribution in [3.63, 3.8) is 0 Å². The highest BCUT2D eigenvalue weighted by Crippen LogP contribution is 2.27. The van der Waals surface area contributed by atoms with Crippen LogP contribution in [0.2, 0.25) is 0 Å². The second-order valence-electron chi connectivity index (χ2n) is 7.13. The smallest absolute Gasteiger partial charge is 0.192 e. The summed E-state index contributed by atoms with van der Waals surface area (Å²) in [5.41, 5.74) is 2.11. The molecule has 0 aliphatic rings. The summed E-state index contributed by atoms with van der Waals surface area (Å²) < 4.78 is 17.9. The van der Waals surface area contributed by atoms with Gasteiger partial charge < -0.3 is 29.4 Å². The van der Waals surface area contributed by atoms with Crippen molar-refractivity contribution in [3.05, 3.63) is 65.2 Å². The first kappa shape index (κ1) is 26.2. The summed E-state index contributed by atoms with van der Waals surface area (Å²) in [6.45, 7) is 3.50. The fourth-order valence-corrected chi connectivity index (χ4v) is 3.02. The number of nitrogens with one attached hydrogen (secondary N) is 2. The van der Waals surface area contributed by atoms with E-state index in [1.165, 1.54) is 0 Å². The number of rotatable bonds is 9. The van der Waals surface area contributed by atoms with E-state index in [1.54, 1.807) is 21.3 Å². The molecule has 10 heteroatoms. The van der Waals surface area contributed by atoms with Crippen molar-refractivity contribution in [2.75, 3.05) is 21.3 Å². The van der Waals surface area contributed by atoms with Crippen LogP contribution in [0.25, 0.3) is 0 Å². The van der Waals surface area contributed by atoms with E-state index in [0.29, 0.717) is 37.1 Å². The van der Waals surface area contributed by atoms with Crippen LogP contribution in [0.4, 0.5) is 0 Å². The second-order valence-corrected chi connectivity index (χ2v) is 7.13. The van der Waals surface area contributed by atoms with Crippen LogP contribution in [0.5, 0.6) is 17.2 Å². The van der Waals surface area contributed by atoms with Gasteiger partial charge in [0.1, 0.15) is 11.6 Å². The lowest BCUT2D eigenvalue weighted by Crippen LogP contribution is -2.37. The number of aromatic nitrogens is 3. The van der Waals surface area contributed by atoms with Gasteiger partial charge in [-0.3, -0.25) is 0 Å². The Morgan fingerprint density at radius 3 is 2.15 bits per heavy atom. The number of aliphatic imine (C=N–C) groups is 1. The molecule has 0 bridgehead atoms. The third-order valence-corrected chi connectivity index (χ3v) is 5.08. The zero-order valence-corrected chi connectivity index (χ0v) is 21.9. The van der Waals surface area contributed by atoms with E-state index in [-0.39, 0.29) is 24.0 Å². The van der Waals surface area contributed by atoms with E-state index in [9.17, 15) is 0 Å². The maximum atomic E-state index is 5.40. The molecule has 1 aromatic heterocycles. The lowest BCUT2D eigenvalue weighted by molar-refractivity contribution is 0.354. The zero-order chi connectivity index (χ0) is 22.9. The van der Waals surface area contributed by atoms with Crippen LogP contribution in [0.15, 0.2) is 47.5 Å². The van der Waals surface area contributed by atoms with Crippen LogP contribution in [0.3, 0.4) is 0 Å². The molecular weight excluding hydrogens is 535 g/mol. The second kappa shape index (κ2) is 12.9. The van der Waals surface area contributed by atoms with Crippen molar-refractivity contribution in [2.24, 2.45) is 12.0 Å². The fourth-order valence-electron chi connectivity index (χ4n) is 3.02. The summed E-state index contributed by atoms with van der Waals surface area (Å²) in [5.74, 6) is 4.54. The van der Waals surface area contributed by atoms with Gasteiger partial charge in [-0.2, -0.15) is 0 Å². The molecule has 9 nitrogen and oxygen atoms in total. The molecule has 0 atom stereocenters. The van der Waals surface area contributed by atoms with Crippen LogP contribution in [0, 0.1) is 6.92 Å². The molecule has 0 saturated carbocycles. The molecule has 0 aliphatic heterocycles. The molecule has 1 heterocycles. The zero-order valence-electron chi connectivity index (χ0n) is 19.6. The monoisotopic (exact) mass is 566 g/mol. The first-order valence-electron chi connectivity index (χ1n) is 10.2. The number of aryl methyl sites for hydroxylation is 1. The van der Waals surface area contributed by atoms with Crippen molar-refractivity contribution in [3.8, 4) is 17.2 Å². The summed E-state index contributed by atoms with van der Waals surface area (Å²) in [6, 6.07) is 13.7. The molecule has 178 valence electrons. The average Bonchev–Trinajstić information content (AvgIpc) is 3.15. The summed E-state index contributed by atoms with van der Waals surface area (Å²) >= 11 is 0. The quantitative estimate of drug-likeness (QED) is 0.234. The van der Waals surface area contributed by atoms with Crippen LogP contribution in [-0.2, 0) is 26.7 Å². The number of hydrogen-bond acceptors (Lipinski definition) is 6. The van der Waals surface area contributed by atoms with Crippen molar-refractivity contribution < 1.29 is 14.2 Å². The Balaban J connectivity index is 0.00000385. The van der Waals surface area contributed by atoms with Gasteiger partial charge in [-0.05, 0) is 42.3 Å². The molecule has 3 aromatic rings. The number of benzene rings is 2.